The van der Waals surface area contributed by atoms with Gasteiger partial charge in [0, 0.05) is 24.8 Å². The molecule has 0 bridgehead atoms. The van der Waals surface area contributed by atoms with Gasteiger partial charge in [-0.15, -0.1) is 0 Å². The number of rotatable bonds is 2. The molecule has 1 aliphatic carbocycles. The molecular weight excluding hydrogens is 220 g/mol. The smallest absolute Gasteiger partial charge is 0.133 e. The van der Waals surface area contributed by atoms with E-state index in [0.29, 0.717) is 18.6 Å². The first kappa shape index (κ1) is 11.6. The predicted octanol–water partition coefficient (Wildman–Crippen LogP) is -0.259. The van der Waals surface area contributed by atoms with E-state index in [1.54, 1.807) is 0 Å². The Kier molecular flexibility index (Phi) is 3.17. The van der Waals surface area contributed by atoms with Crippen molar-refractivity contribution in [2.24, 2.45) is 5.92 Å². The molecule has 0 aromatic heterocycles. The van der Waals surface area contributed by atoms with Crippen LogP contribution in [0.25, 0.3) is 0 Å². The highest BCUT2D eigenvalue weighted by Gasteiger charge is 2.46. The normalized spacial score (nSPS) is 46.2. The SMILES string of the molecule is O=C1CCC2NC(O)C(OC3CCCN3)C2C1. The molecule has 2 aliphatic heterocycles. The van der Waals surface area contributed by atoms with Gasteiger partial charge >= 0.3 is 0 Å². The fraction of sp³-hybridized carbons (Fsp3) is 0.917. The lowest BCUT2D eigenvalue weighted by atomic mass is 9.83. The monoisotopic (exact) mass is 240 g/mol. The lowest BCUT2D eigenvalue weighted by Gasteiger charge is -2.29. The second-order valence-corrected chi connectivity index (χ2v) is 5.35. The maximum atomic E-state index is 11.5. The predicted molar refractivity (Wildman–Crippen MR) is 61.2 cm³/mol. The van der Waals surface area contributed by atoms with Gasteiger partial charge in [0.05, 0.1) is 0 Å². The third-order valence-electron chi connectivity index (χ3n) is 4.17. The van der Waals surface area contributed by atoms with E-state index in [1.807, 2.05) is 0 Å². The van der Waals surface area contributed by atoms with Crippen LogP contribution in [-0.4, -0.2) is 42.0 Å². The van der Waals surface area contributed by atoms with E-state index >= 15 is 0 Å². The van der Waals surface area contributed by atoms with Crippen LogP contribution < -0.4 is 10.6 Å². The van der Waals surface area contributed by atoms with Crippen molar-refractivity contribution in [1.82, 2.24) is 10.6 Å². The summed E-state index contributed by atoms with van der Waals surface area (Å²) in [6.45, 7) is 0.980. The van der Waals surface area contributed by atoms with Gasteiger partial charge in [0.1, 0.15) is 24.3 Å². The average Bonchev–Trinajstić information content (AvgIpc) is 2.90. The number of aliphatic hydroxyl groups is 1. The molecule has 0 aromatic rings. The molecule has 0 amide bonds. The molecule has 5 atom stereocenters. The third-order valence-corrected chi connectivity index (χ3v) is 4.17. The molecular formula is C12H20N2O3. The third kappa shape index (κ3) is 2.25. The molecule has 5 nitrogen and oxygen atoms in total. The molecule has 0 radical (unpaired) electrons. The highest BCUT2D eigenvalue weighted by Crippen LogP contribution is 2.34. The summed E-state index contributed by atoms with van der Waals surface area (Å²) in [5.41, 5.74) is 0. The minimum atomic E-state index is -0.627. The van der Waals surface area contributed by atoms with Crippen molar-refractivity contribution in [3.63, 3.8) is 0 Å². The molecule has 96 valence electrons. The number of hydrogen-bond acceptors (Lipinski definition) is 5. The van der Waals surface area contributed by atoms with Gasteiger partial charge in [0.15, 0.2) is 0 Å². The van der Waals surface area contributed by atoms with Gasteiger partial charge < -0.3 is 9.84 Å². The topological polar surface area (TPSA) is 70.6 Å². The maximum Gasteiger partial charge on any atom is 0.133 e. The summed E-state index contributed by atoms with van der Waals surface area (Å²) in [6, 6.07) is 0.245. The molecule has 3 N–H and O–H groups in total. The zero-order valence-electron chi connectivity index (χ0n) is 9.89. The summed E-state index contributed by atoms with van der Waals surface area (Å²) in [4.78, 5) is 11.5. The number of nitrogens with one attached hydrogen (secondary N) is 2. The summed E-state index contributed by atoms with van der Waals surface area (Å²) in [5, 5.41) is 16.4. The second-order valence-electron chi connectivity index (χ2n) is 5.35. The Morgan fingerprint density at radius 2 is 2.24 bits per heavy atom. The lowest BCUT2D eigenvalue weighted by molar-refractivity contribution is -0.126. The summed E-state index contributed by atoms with van der Waals surface area (Å²) >= 11 is 0. The molecule has 2 saturated heterocycles. The zero-order valence-corrected chi connectivity index (χ0v) is 9.89. The van der Waals surface area contributed by atoms with Crippen LogP contribution in [0.5, 0.6) is 0 Å². The van der Waals surface area contributed by atoms with Crippen molar-refractivity contribution in [2.45, 2.75) is 56.7 Å². The van der Waals surface area contributed by atoms with Crippen LogP contribution in [0.1, 0.15) is 32.1 Å². The summed E-state index contributed by atoms with van der Waals surface area (Å²) in [5.74, 6) is 0.448. The highest BCUT2D eigenvalue weighted by molar-refractivity contribution is 5.79. The Labute approximate surface area is 101 Å². The van der Waals surface area contributed by atoms with Crippen LogP contribution in [0.3, 0.4) is 0 Å². The minimum absolute atomic E-state index is 0.0484. The van der Waals surface area contributed by atoms with E-state index in [9.17, 15) is 9.90 Å². The average molecular weight is 240 g/mol. The summed E-state index contributed by atoms with van der Waals surface area (Å²) in [6.07, 6.45) is 3.31. The van der Waals surface area contributed by atoms with Crippen LogP contribution in [0.2, 0.25) is 0 Å². The molecule has 3 fully saturated rings. The summed E-state index contributed by atoms with van der Waals surface area (Å²) in [7, 11) is 0. The maximum absolute atomic E-state index is 11.5. The van der Waals surface area contributed by atoms with Gasteiger partial charge in [-0.3, -0.25) is 15.4 Å². The Bertz CT molecular complexity index is 304. The molecule has 3 aliphatic rings. The van der Waals surface area contributed by atoms with Crippen LogP contribution >= 0.6 is 0 Å². The summed E-state index contributed by atoms with van der Waals surface area (Å²) < 4.78 is 5.93. The molecule has 17 heavy (non-hydrogen) atoms. The highest BCUT2D eigenvalue weighted by atomic mass is 16.5. The first-order valence-electron chi connectivity index (χ1n) is 6.59. The van der Waals surface area contributed by atoms with E-state index in [2.05, 4.69) is 10.6 Å². The van der Waals surface area contributed by atoms with Crippen molar-refractivity contribution < 1.29 is 14.6 Å². The van der Waals surface area contributed by atoms with Crippen molar-refractivity contribution in [3.05, 3.63) is 0 Å². The van der Waals surface area contributed by atoms with E-state index < -0.39 is 6.23 Å². The van der Waals surface area contributed by atoms with Gasteiger partial charge in [-0.1, -0.05) is 0 Å². The largest absolute Gasteiger partial charge is 0.376 e. The quantitative estimate of drug-likeness (QED) is 0.620. The first-order valence-corrected chi connectivity index (χ1v) is 6.59. The van der Waals surface area contributed by atoms with Gasteiger partial charge in [0.2, 0.25) is 0 Å². The Balaban J connectivity index is 1.66. The number of Topliss-reactive ketones (excluding diaryl/α,β-unsaturated/α-hetero) is 1. The zero-order chi connectivity index (χ0) is 11.8. The van der Waals surface area contributed by atoms with Crippen LogP contribution in [0.15, 0.2) is 0 Å². The number of carbonyl (C=O) groups is 1. The number of hydrogen-bond donors (Lipinski definition) is 3. The molecule has 2 heterocycles. The number of carbonyl (C=O) groups excluding carboxylic acids is 1. The standard InChI is InChI=1S/C12H20N2O3/c15-7-3-4-9-8(6-7)11(12(16)14-9)17-10-2-1-5-13-10/h8-14,16H,1-6H2. The molecule has 5 unspecified atom stereocenters. The van der Waals surface area contributed by atoms with Crippen molar-refractivity contribution in [1.29, 1.82) is 0 Å². The van der Waals surface area contributed by atoms with Gasteiger partial charge in [0.25, 0.3) is 0 Å². The molecule has 1 saturated carbocycles. The Morgan fingerprint density at radius 3 is 3.00 bits per heavy atom. The first-order chi connectivity index (χ1) is 8.24. The van der Waals surface area contributed by atoms with Gasteiger partial charge in [-0.05, 0) is 25.8 Å². The number of aliphatic hydroxyl groups excluding tert-OH is 1. The fourth-order valence-corrected chi connectivity index (χ4v) is 3.27. The van der Waals surface area contributed by atoms with E-state index in [1.165, 1.54) is 0 Å². The minimum Gasteiger partial charge on any atom is -0.376 e. The Hall–Kier alpha value is -0.490. The van der Waals surface area contributed by atoms with Gasteiger partial charge in [-0.2, -0.15) is 0 Å². The van der Waals surface area contributed by atoms with E-state index in [0.717, 1.165) is 25.8 Å². The van der Waals surface area contributed by atoms with E-state index in [-0.39, 0.29) is 24.3 Å². The van der Waals surface area contributed by atoms with Crippen LogP contribution in [-0.2, 0) is 9.53 Å². The molecule has 0 aromatic carbocycles. The molecule has 5 heteroatoms. The number of fused-ring (bicyclic) bond motifs is 1. The van der Waals surface area contributed by atoms with Crippen LogP contribution in [0.4, 0.5) is 0 Å². The van der Waals surface area contributed by atoms with Crippen molar-refractivity contribution in [3.8, 4) is 0 Å². The number of ketones is 1. The fourth-order valence-electron chi connectivity index (χ4n) is 3.27. The lowest BCUT2D eigenvalue weighted by Crippen LogP contribution is -2.40. The number of ether oxygens (including phenoxy) is 1. The van der Waals surface area contributed by atoms with Crippen molar-refractivity contribution >= 4 is 5.78 Å². The van der Waals surface area contributed by atoms with Crippen molar-refractivity contribution in [2.75, 3.05) is 6.54 Å². The van der Waals surface area contributed by atoms with Gasteiger partial charge in [-0.25, -0.2) is 0 Å². The van der Waals surface area contributed by atoms with E-state index in [4.69, 9.17) is 4.74 Å². The molecule has 0 spiro atoms. The Morgan fingerprint density at radius 1 is 1.35 bits per heavy atom. The van der Waals surface area contributed by atoms with Crippen LogP contribution in [0, 0.1) is 5.92 Å². The second kappa shape index (κ2) is 4.65. The molecule has 3 rings (SSSR count).